The third-order valence-corrected chi connectivity index (χ3v) is 3.56. The lowest BCUT2D eigenvalue weighted by molar-refractivity contribution is 0.489. The Morgan fingerprint density at radius 3 is 2.57 bits per heavy atom. The molecule has 0 saturated heterocycles. The SMILES string of the molecule is CC1CCC(NCCNCC2CC2)C1. The normalized spacial score (nSPS) is 32.4. The van der Waals surface area contributed by atoms with Crippen molar-refractivity contribution in [2.75, 3.05) is 19.6 Å². The second-order valence-electron chi connectivity index (χ2n) is 5.22. The predicted molar refractivity (Wildman–Crippen MR) is 60.4 cm³/mol. The van der Waals surface area contributed by atoms with E-state index in [-0.39, 0.29) is 0 Å². The van der Waals surface area contributed by atoms with Crippen LogP contribution in [0.1, 0.15) is 39.0 Å². The maximum atomic E-state index is 3.64. The van der Waals surface area contributed by atoms with E-state index in [0.717, 1.165) is 31.0 Å². The molecule has 0 aliphatic heterocycles. The molecule has 0 aromatic rings. The average Bonchev–Trinajstić information content (AvgIpc) is 2.89. The Balaban J connectivity index is 1.42. The molecule has 2 rings (SSSR count). The van der Waals surface area contributed by atoms with Crippen molar-refractivity contribution in [3.63, 3.8) is 0 Å². The first kappa shape index (κ1) is 10.4. The van der Waals surface area contributed by atoms with E-state index in [2.05, 4.69) is 17.6 Å². The molecule has 0 aromatic heterocycles. The molecule has 82 valence electrons. The summed E-state index contributed by atoms with van der Waals surface area (Å²) in [6, 6.07) is 0.813. The minimum atomic E-state index is 0.813. The van der Waals surface area contributed by atoms with Gasteiger partial charge in [0, 0.05) is 19.1 Å². The summed E-state index contributed by atoms with van der Waals surface area (Å²) in [6.07, 6.45) is 7.13. The van der Waals surface area contributed by atoms with E-state index < -0.39 is 0 Å². The average molecular weight is 196 g/mol. The van der Waals surface area contributed by atoms with Gasteiger partial charge in [0.05, 0.1) is 0 Å². The molecule has 0 amide bonds. The number of nitrogens with one attached hydrogen (secondary N) is 2. The summed E-state index contributed by atoms with van der Waals surface area (Å²) in [4.78, 5) is 0. The molecular formula is C12H24N2. The molecule has 2 aliphatic rings. The summed E-state index contributed by atoms with van der Waals surface area (Å²) in [5, 5.41) is 7.16. The van der Waals surface area contributed by atoms with E-state index in [1.807, 2.05) is 0 Å². The lowest BCUT2D eigenvalue weighted by Gasteiger charge is -2.12. The molecule has 14 heavy (non-hydrogen) atoms. The van der Waals surface area contributed by atoms with Gasteiger partial charge in [-0.3, -0.25) is 0 Å². The second kappa shape index (κ2) is 5.13. The minimum absolute atomic E-state index is 0.813. The minimum Gasteiger partial charge on any atom is -0.315 e. The van der Waals surface area contributed by atoms with Crippen LogP contribution in [-0.4, -0.2) is 25.7 Å². The van der Waals surface area contributed by atoms with E-state index in [9.17, 15) is 0 Å². The quantitative estimate of drug-likeness (QED) is 0.633. The van der Waals surface area contributed by atoms with Crippen molar-refractivity contribution < 1.29 is 0 Å². The van der Waals surface area contributed by atoms with Crippen LogP contribution in [0.3, 0.4) is 0 Å². The summed E-state index contributed by atoms with van der Waals surface area (Å²) < 4.78 is 0. The van der Waals surface area contributed by atoms with Crippen molar-refractivity contribution in [3.05, 3.63) is 0 Å². The van der Waals surface area contributed by atoms with Crippen molar-refractivity contribution in [1.29, 1.82) is 0 Å². The Morgan fingerprint density at radius 2 is 1.93 bits per heavy atom. The first-order chi connectivity index (χ1) is 6.84. The van der Waals surface area contributed by atoms with Gasteiger partial charge >= 0.3 is 0 Å². The van der Waals surface area contributed by atoms with Gasteiger partial charge in [0.25, 0.3) is 0 Å². The summed E-state index contributed by atoms with van der Waals surface area (Å²) in [7, 11) is 0. The predicted octanol–water partition coefficient (Wildman–Crippen LogP) is 1.76. The summed E-state index contributed by atoms with van der Waals surface area (Å²) in [6.45, 7) is 5.93. The van der Waals surface area contributed by atoms with Crippen LogP contribution in [0.15, 0.2) is 0 Å². The number of hydrogen-bond acceptors (Lipinski definition) is 2. The third kappa shape index (κ3) is 3.58. The zero-order chi connectivity index (χ0) is 9.80. The molecule has 2 unspecified atom stereocenters. The Labute approximate surface area is 87.8 Å². The molecule has 0 heterocycles. The first-order valence-corrected chi connectivity index (χ1v) is 6.28. The Bertz CT molecular complexity index is 166. The first-order valence-electron chi connectivity index (χ1n) is 6.28. The van der Waals surface area contributed by atoms with E-state index in [1.165, 1.54) is 38.6 Å². The molecule has 2 heteroatoms. The van der Waals surface area contributed by atoms with Crippen LogP contribution >= 0.6 is 0 Å². The highest BCUT2D eigenvalue weighted by atomic mass is 15.0. The van der Waals surface area contributed by atoms with Crippen molar-refractivity contribution in [3.8, 4) is 0 Å². The lowest BCUT2D eigenvalue weighted by atomic mass is 10.1. The van der Waals surface area contributed by atoms with Crippen LogP contribution in [0.4, 0.5) is 0 Å². The lowest BCUT2D eigenvalue weighted by Crippen LogP contribution is -2.34. The highest BCUT2D eigenvalue weighted by Gasteiger charge is 2.21. The zero-order valence-corrected chi connectivity index (χ0v) is 9.39. The van der Waals surface area contributed by atoms with Gasteiger partial charge in [-0.05, 0) is 50.5 Å². The van der Waals surface area contributed by atoms with Crippen LogP contribution < -0.4 is 10.6 Å². The summed E-state index contributed by atoms with van der Waals surface area (Å²) in [5.41, 5.74) is 0. The zero-order valence-electron chi connectivity index (χ0n) is 9.39. The molecular weight excluding hydrogens is 172 g/mol. The molecule has 2 nitrogen and oxygen atoms in total. The third-order valence-electron chi connectivity index (χ3n) is 3.56. The summed E-state index contributed by atoms with van der Waals surface area (Å²) >= 11 is 0. The van der Waals surface area contributed by atoms with Crippen LogP contribution in [0.2, 0.25) is 0 Å². The van der Waals surface area contributed by atoms with Crippen molar-refractivity contribution in [2.45, 2.75) is 45.1 Å². The molecule has 0 spiro atoms. The smallest absolute Gasteiger partial charge is 0.00793 e. The maximum absolute atomic E-state index is 3.64. The van der Waals surface area contributed by atoms with Crippen LogP contribution in [0.5, 0.6) is 0 Å². The fourth-order valence-corrected chi connectivity index (χ4v) is 2.39. The number of rotatable bonds is 6. The van der Waals surface area contributed by atoms with Crippen molar-refractivity contribution in [1.82, 2.24) is 10.6 Å². The van der Waals surface area contributed by atoms with E-state index >= 15 is 0 Å². The molecule has 2 saturated carbocycles. The van der Waals surface area contributed by atoms with Crippen LogP contribution in [0.25, 0.3) is 0 Å². The Kier molecular flexibility index (Phi) is 3.82. The molecule has 2 atom stereocenters. The molecule has 2 N–H and O–H groups in total. The molecule has 2 fully saturated rings. The highest BCUT2D eigenvalue weighted by molar-refractivity contribution is 4.79. The van der Waals surface area contributed by atoms with E-state index in [0.29, 0.717) is 0 Å². The molecule has 2 aliphatic carbocycles. The van der Waals surface area contributed by atoms with Crippen LogP contribution in [-0.2, 0) is 0 Å². The van der Waals surface area contributed by atoms with Gasteiger partial charge in [-0.15, -0.1) is 0 Å². The van der Waals surface area contributed by atoms with E-state index in [4.69, 9.17) is 0 Å². The second-order valence-corrected chi connectivity index (χ2v) is 5.22. The van der Waals surface area contributed by atoms with Crippen LogP contribution in [0, 0.1) is 11.8 Å². The molecule has 0 radical (unpaired) electrons. The van der Waals surface area contributed by atoms with Gasteiger partial charge in [0.15, 0.2) is 0 Å². The Morgan fingerprint density at radius 1 is 1.07 bits per heavy atom. The van der Waals surface area contributed by atoms with Gasteiger partial charge in [-0.1, -0.05) is 6.92 Å². The van der Waals surface area contributed by atoms with Gasteiger partial charge in [-0.25, -0.2) is 0 Å². The van der Waals surface area contributed by atoms with Gasteiger partial charge in [0.2, 0.25) is 0 Å². The van der Waals surface area contributed by atoms with Gasteiger partial charge < -0.3 is 10.6 Å². The molecule has 0 aromatic carbocycles. The van der Waals surface area contributed by atoms with E-state index in [1.54, 1.807) is 0 Å². The fraction of sp³-hybridized carbons (Fsp3) is 1.00. The fourth-order valence-electron chi connectivity index (χ4n) is 2.39. The topological polar surface area (TPSA) is 24.1 Å². The highest BCUT2D eigenvalue weighted by Crippen LogP contribution is 2.27. The Hall–Kier alpha value is -0.0800. The maximum Gasteiger partial charge on any atom is 0.00793 e. The van der Waals surface area contributed by atoms with Crippen molar-refractivity contribution >= 4 is 0 Å². The van der Waals surface area contributed by atoms with Gasteiger partial charge in [-0.2, -0.15) is 0 Å². The largest absolute Gasteiger partial charge is 0.315 e. The monoisotopic (exact) mass is 196 g/mol. The number of hydrogen-bond donors (Lipinski definition) is 2. The van der Waals surface area contributed by atoms with Gasteiger partial charge in [0.1, 0.15) is 0 Å². The molecule has 0 bridgehead atoms. The summed E-state index contributed by atoms with van der Waals surface area (Å²) in [5.74, 6) is 1.97. The van der Waals surface area contributed by atoms with Crippen molar-refractivity contribution in [2.24, 2.45) is 11.8 Å². The standard InChI is InChI=1S/C12H24N2/c1-10-2-5-12(8-10)14-7-6-13-9-11-3-4-11/h10-14H,2-9H2,1H3.